The third-order valence-corrected chi connectivity index (χ3v) is 3.42. The van der Waals surface area contributed by atoms with Crippen LogP contribution >= 0.6 is 0 Å². The van der Waals surface area contributed by atoms with E-state index in [0.717, 1.165) is 17.6 Å². The monoisotopic (exact) mass is 371 g/mol. The lowest BCUT2D eigenvalue weighted by Gasteiger charge is -2.13. The van der Waals surface area contributed by atoms with Crippen LogP contribution in [0.1, 0.15) is 19.4 Å². The molecule has 0 spiro atoms. The van der Waals surface area contributed by atoms with Gasteiger partial charge in [-0.3, -0.25) is 0 Å². The van der Waals surface area contributed by atoms with E-state index in [9.17, 15) is 9.90 Å². The maximum absolute atomic E-state index is 10.5. The van der Waals surface area contributed by atoms with Crippen LogP contribution in [0.25, 0.3) is 6.08 Å². The van der Waals surface area contributed by atoms with Gasteiger partial charge in [-0.05, 0) is 61.9 Å². The third kappa shape index (κ3) is 6.93. The summed E-state index contributed by atoms with van der Waals surface area (Å²) in [5, 5.41) is 10.5. The van der Waals surface area contributed by atoms with E-state index in [1.165, 1.54) is 6.08 Å². The van der Waals surface area contributed by atoms with E-state index in [4.69, 9.17) is 18.9 Å². The summed E-state index contributed by atoms with van der Waals surface area (Å²) in [7, 11) is 0. The summed E-state index contributed by atoms with van der Waals surface area (Å²) >= 11 is 0. The molecule has 0 radical (unpaired) electrons. The Morgan fingerprint density at radius 3 is 2.11 bits per heavy atom. The van der Waals surface area contributed by atoms with E-state index in [0.29, 0.717) is 43.5 Å². The van der Waals surface area contributed by atoms with Crippen molar-refractivity contribution >= 4 is 12.0 Å². The highest BCUT2D eigenvalue weighted by atomic mass is 16.5. The zero-order valence-corrected chi connectivity index (χ0v) is 15.5. The van der Waals surface area contributed by atoms with Crippen molar-refractivity contribution in [2.24, 2.45) is 0 Å². The highest BCUT2D eigenvalue weighted by Gasteiger charge is 2.06. The fourth-order valence-electron chi connectivity index (χ4n) is 2.29. The van der Waals surface area contributed by atoms with Crippen molar-refractivity contribution in [1.29, 1.82) is 0 Å². The van der Waals surface area contributed by atoms with Crippen LogP contribution in [0, 0.1) is 0 Å². The molecule has 0 saturated heterocycles. The normalized spacial score (nSPS) is 10.6. The first-order valence-electron chi connectivity index (χ1n) is 8.76. The van der Waals surface area contributed by atoms with Gasteiger partial charge < -0.3 is 28.8 Å². The van der Waals surface area contributed by atoms with E-state index >= 15 is 0 Å². The van der Waals surface area contributed by atoms with E-state index in [1.54, 1.807) is 18.2 Å². The van der Waals surface area contributed by atoms with Crippen LogP contribution in [-0.2, 0) is 4.79 Å². The molecule has 0 N–H and O–H groups in total. The largest absolute Gasteiger partial charge is 0.545 e. The molecule has 0 heterocycles. The smallest absolute Gasteiger partial charge is 0.161 e. The van der Waals surface area contributed by atoms with Gasteiger partial charge in [0, 0.05) is 0 Å². The molecule has 0 fully saturated rings. The Morgan fingerprint density at radius 2 is 1.48 bits per heavy atom. The minimum Gasteiger partial charge on any atom is -0.545 e. The minimum atomic E-state index is -1.25. The maximum Gasteiger partial charge on any atom is 0.161 e. The summed E-state index contributed by atoms with van der Waals surface area (Å²) in [5.74, 6) is 1.39. The second-order valence-corrected chi connectivity index (χ2v) is 5.39. The number of hydrogen-bond donors (Lipinski definition) is 0. The average Bonchev–Trinajstić information content (AvgIpc) is 2.66. The zero-order valence-electron chi connectivity index (χ0n) is 15.5. The van der Waals surface area contributed by atoms with E-state index in [1.807, 2.05) is 38.1 Å². The van der Waals surface area contributed by atoms with Gasteiger partial charge in [0.2, 0.25) is 0 Å². The molecule has 6 heteroatoms. The molecule has 2 rings (SSSR count). The molecule has 0 aliphatic heterocycles. The number of carbonyl (C=O) groups is 1. The van der Waals surface area contributed by atoms with Crippen molar-refractivity contribution in [3.63, 3.8) is 0 Å². The first-order valence-corrected chi connectivity index (χ1v) is 8.76. The molecule has 144 valence electrons. The first kappa shape index (κ1) is 20.2. The molecule has 6 nitrogen and oxygen atoms in total. The second kappa shape index (κ2) is 10.8. The fraction of sp³-hybridized carbons (Fsp3) is 0.286. The summed E-state index contributed by atoms with van der Waals surface area (Å²) < 4.78 is 22.3. The van der Waals surface area contributed by atoms with Crippen molar-refractivity contribution in [1.82, 2.24) is 0 Å². The molecule has 0 saturated carbocycles. The maximum atomic E-state index is 10.5. The topological polar surface area (TPSA) is 77.1 Å². The molecule has 2 aromatic rings. The Kier molecular flexibility index (Phi) is 8.03. The SMILES string of the molecule is CCOc1ccc(OCCOc2ccc(/C=C/C(=O)[O-])cc2OCC)cc1. The van der Waals surface area contributed by atoms with E-state index in [2.05, 4.69) is 0 Å². The van der Waals surface area contributed by atoms with Gasteiger partial charge in [-0.1, -0.05) is 12.1 Å². The standard InChI is InChI=1S/C21H24O6/c1-3-24-17-7-9-18(10-8-17)26-13-14-27-19-11-5-16(6-12-21(22)23)15-20(19)25-4-2/h5-12,15H,3-4,13-14H2,1-2H3,(H,22,23)/p-1/b12-6+. The molecule has 0 bridgehead atoms. The van der Waals surface area contributed by atoms with Crippen molar-refractivity contribution in [3.8, 4) is 23.0 Å². The zero-order chi connectivity index (χ0) is 19.5. The van der Waals surface area contributed by atoms with Crippen LogP contribution in [0.4, 0.5) is 0 Å². The molecule has 0 amide bonds. The van der Waals surface area contributed by atoms with Crippen molar-refractivity contribution in [3.05, 3.63) is 54.1 Å². The van der Waals surface area contributed by atoms with Gasteiger partial charge in [0.05, 0.1) is 19.2 Å². The third-order valence-electron chi connectivity index (χ3n) is 3.42. The molecule has 0 unspecified atom stereocenters. The minimum absolute atomic E-state index is 0.335. The lowest BCUT2D eigenvalue weighted by Crippen LogP contribution is -2.18. The molecule has 27 heavy (non-hydrogen) atoms. The molecule has 2 aromatic carbocycles. The number of carbonyl (C=O) groups excluding carboxylic acids is 1. The number of carboxylic acids is 1. The summed E-state index contributed by atoms with van der Waals surface area (Å²) in [6, 6.07) is 12.6. The summed E-state index contributed by atoms with van der Waals surface area (Å²) in [4.78, 5) is 10.5. The van der Waals surface area contributed by atoms with Gasteiger partial charge in [0.1, 0.15) is 24.7 Å². The summed E-state index contributed by atoms with van der Waals surface area (Å²) in [6.45, 7) is 5.59. The number of rotatable bonds is 11. The van der Waals surface area contributed by atoms with Crippen LogP contribution < -0.4 is 24.1 Å². The molecule has 0 aliphatic rings. The van der Waals surface area contributed by atoms with Crippen molar-refractivity contribution in [2.45, 2.75) is 13.8 Å². The van der Waals surface area contributed by atoms with E-state index in [-0.39, 0.29) is 0 Å². The van der Waals surface area contributed by atoms with Crippen LogP contribution in [0.2, 0.25) is 0 Å². The first-order chi connectivity index (χ1) is 13.1. The molecule has 0 aliphatic carbocycles. The molecular formula is C21H23O6-. The highest BCUT2D eigenvalue weighted by molar-refractivity contribution is 5.83. The van der Waals surface area contributed by atoms with Gasteiger partial charge in [-0.25, -0.2) is 0 Å². The van der Waals surface area contributed by atoms with Crippen LogP contribution in [0.5, 0.6) is 23.0 Å². The predicted molar refractivity (Wildman–Crippen MR) is 100 cm³/mol. The highest BCUT2D eigenvalue weighted by Crippen LogP contribution is 2.29. The van der Waals surface area contributed by atoms with Crippen LogP contribution in [0.3, 0.4) is 0 Å². The van der Waals surface area contributed by atoms with E-state index < -0.39 is 5.97 Å². The number of carboxylic acid groups (broad SMARTS) is 1. The Balaban J connectivity index is 1.89. The van der Waals surface area contributed by atoms with Gasteiger partial charge in [0.25, 0.3) is 0 Å². The quantitative estimate of drug-likeness (QED) is 0.446. The lowest BCUT2D eigenvalue weighted by molar-refractivity contribution is -0.297. The average molecular weight is 371 g/mol. The molecule has 0 atom stereocenters. The van der Waals surface area contributed by atoms with Gasteiger partial charge in [-0.15, -0.1) is 0 Å². The Labute approximate surface area is 158 Å². The number of aliphatic carboxylic acids is 1. The predicted octanol–water partition coefficient (Wildman–Crippen LogP) is 2.70. The van der Waals surface area contributed by atoms with Crippen molar-refractivity contribution in [2.75, 3.05) is 26.4 Å². The second-order valence-electron chi connectivity index (χ2n) is 5.39. The molecular weight excluding hydrogens is 348 g/mol. The molecule has 0 aromatic heterocycles. The lowest BCUT2D eigenvalue weighted by atomic mass is 10.2. The van der Waals surface area contributed by atoms with Crippen molar-refractivity contribution < 1.29 is 28.8 Å². The van der Waals surface area contributed by atoms with Crippen LogP contribution in [0.15, 0.2) is 48.5 Å². The summed E-state index contributed by atoms with van der Waals surface area (Å²) in [5.41, 5.74) is 0.681. The van der Waals surface area contributed by atoms with Crippen LogP contribution in [-0.4, -0.2) is 32.4 Å². The fourth-order valence-corrected chi connectivity index (χ4v) is 2.29. The van der Waals surface area contributed by atoms with Gasteiger partial charge in [0.15, 0.2) is 11.5 Å². The number of benzene rings is 2. The Morgan fingerprint density at radius 1 is 0.852 bits per heavy atom. The number of hydrogen-bond acceptors (Lipinski definition) is 6. The van der Waals surface area contributed by atoms with Gasteiger partial charge in [-0.2, -0.15) is 0 Å². The number of ether oxygens (including phenoxy) is 4. The Hall–Kier alpha value is -3.15. The van der Waals surface area contributed by atoms with Gasteiger partial charge >= 0.3 is 0 Å². The Bertz CT molecular complexity index is 752. The summed E-state index contributed by atoms with van der Waals surface area (Å²) in [6.07, 6.45) is 2.41.